The lowest BCUT2D eigenvalue weighted by molar-refractivity contribution is -0.132. The first-order valence-electron chi connectivity index (χ1n) is 9.02. The Bertz CT molecular complexity index is 772. The second kappa shape index (κ2) is 9.68. The van der Waals surface area contributed by atoms with E-state index in [1.807, 2.05) is 42.5 Å². The lowest BCUT2D eigenvalue weighted by atomic mass is 10.1. The number of hydrogen-bond acceptors (Lipinski definition) is 5. The molecule has 1 aromatic heterocycles. The molecule has 2 aromatic rings. The van der Waals surface area contributed by atoms with Crippen molar-refractivity contribution in [3.8, 4) is 0 Å². The summed E-state index contributed by atoms with van der Waals surface area (Å²) in [6.45, 7) is 1.80. The molecule has 27 heavy (non-hydrogen) atoms. The van der Waals surface area contributed by atoms with E-state index in [4.69, 9.17) is 9.15 Å². The van der Waals surface area contributed by atoms with Gasteiger partial charge < -0.3 is 14.5 Å². The predicted octanol–water partition coefficient (Wildman–Crippen LogP) is 2.48. The van der Waals surface area contributed by atoms with Crippen LogP contribution in [-0.2, 0) is 27.5 Å². The summed E-state index contributed by atoms with van der Waals surface area (Å²) >= 11 is 0. The van der Waals surface area contributed by atoms with Gasteiger partial charge in [0, 0.05) is 26.0 Å². The SMILES string of the molecule is O=C(NCCCOCc1ccco1)C1=NN(Cc2ccccc2)C(=O)CC1. The molecule has 0 spiro atoms. The van der Waals surface area contributed by atoms with Gasteiger partial charge in [0.05, 0.1) is 12.8 Å². The molecule has 0 saturated heterocycles. The molecule has 1 aromatic carbocycles. The van der Waals surface area contributed by atoms with Gasteiger partial charge in [-0.25, -0.2) is 5.01 Å². The van der Waals surface area contributed by atoms with Crippen LogP contribution in [0, 0.1) is 0 Å². The van der Waals surface area contributed by atoms with Crippen LogP contribution in [0.4, 0.5) is 0 Å². The monoisotopic (exact) mass is 369 g/mol. The number of carbonyl (C=O) groups is 2. The number of nitrogens with one attached hydrogen (secondary N) is 1. The fourth-order valence-corrected chi connectivity index (χ4v) is 2.69. The van der Waals surface area contributed by atoms with Gasteiger partial charge in [0.1, 0.15) is 18.1 Å². The third-order valence-electron chi connectivity index (χ3n) is 4.12. The summed E-state index contributed by atoms with van der Waals surface area (Å²) in [6, 6.07) is 13.3. The van der Waals surface area contributed by atoms with Gasteiger partial charge in [-0.1, -0.05) is 30.3 Å². The van der Waals surface area contributed by atoms with E-state index < -0.39 is 0 Å². The highest BCUT2D eigenvalue weighted by Crippen LogP contribution is 2.13. The van der Waals surface area contributed by atoms with E-state index in [0.29, 0.717) is 51.3 Å². The molecule has 2 heterocycles. The van der Waals surface area contributed by atoms with Crippen LogP contribution in [0.15, 0.2) is 58.2 Å². The van der Waals surface area contributed by atoms with E-state index in [-0.39, 0.29) is 11.8 Å². The van der Waals surface area contributed by atoms with E-state index in [1.54, 1.807) is 6.26 Å². The molecule has 0 bridgehead atoms. The number of hydrogen-bond donors (Lipinski definition) is 1. The molecular formula is C20H23N3O4. The van der Waals surface area contributed by atoms with E-state index in [9.17, 15) is 9.59 Å². The van der Waals surface area contributed by atoms with E-state index in [2.05, 4.69) is 10.4 Å². The van der Waals surface area contributed by atoms with Crippen molar-refractivity contribution in [2.24, 2.45) is 5.10 Å². The molecule has 0 saturated carbocycles. The summed E-state index contributed by atoms with van der Waals surface area (Å²) in [6.07, 6.45) is 2.96. The summed E-state index contributed by atoms with van der Waals surface area (Å²) in [5, 5.41) is 8.46. The van der Waals surface area contributed by atoms with Crippen molar-refractivity contribution in [1.29, 1.82) is 0 Å². The molecule has 7 heteroatoms. The largest absolute Gasteiger partial charge is 0.467 e. The topological polar surface area (TPSA) is 84.1 Å². The fraction of sp³-hybridized carbons (Fsp3) is 0.350. The first-order chi connectivity index (χ1) is 13.2. The van der Waals surface area contributed by atoms with Crippen molar-refractivity contribution >= 4 is 17.5 Å². The van der Waals surface area contributed by atoms with Crippen LogP contribution < -0.4 is 5.32 Å². The molecule has 7 nitrogen and oxygen atoms in total. The first kappa shape index (κ1) is 18.8. The van der Waals surface area contributed by atoms with Crippen LogP contribution in [0.1, 0.15) is 30.6 Å². The predicted molar refractivity (Wildman–Crippen MR) is 99.7 cm³/mol. The van der Waals surface area contributed by atoms with E-state index >= 15 is 0 Å². The Hall–Kier alpha value is -2.93. The standard InChI is InChI=1S/C20H23N3O4/c24-19-10-9-18(22-23(19)14-16-6-2-1-3-7-16)20(25)21-11-5-12-26-15-17-8-4-13-27-17/h1-4,6-8,13H,5,9-12,14-15H2,(H,21,25). The normalized spacial score (nSPS) is 14.1. The third-order valence-corrected chi connectivity index (χ3v) is 4.12. The maximum atomic E-state index is 12.3. The van der Waals surface area contributed by atoms with Gasteiger partial charge in [0.25, 0.3) is 5.91 Å². The molecular weight excluding hydrogens is 346 g/mol. The Morgan fingerprint density at radius 3 is 2.81 bits per heavy atom. The van der Waals surface area contributed by atoms with Crippen molar-refractivity contribution in [2.45, 2.75) is 32.4 Å². The average molecular weight is 369 g/mol. The molecule has 0 fully saturated rings. The number of hydrazone groups is 1. The first-order valence-corrected chi connectivity index (χ1v) is 9.02. The Morgan fingerprint density at radius 1 is 1.19 bits per heavy atom. The molecule has 1 aliphatic rings. The van der Waals surface area contributed by atoms with Crippen LogP contribution in [0.25, 0.3) is 0 Å². The van der Waals surface area contributed by atoms with E-state index in [1.165, 1.54) is 5.01 Å². The minimum absolute atomic E-state index is 0.0678. The molecule has 1 aliphatic heterocycles. The molecule has 142 valence electrons. The summed E-state index contributed by atoms with van der Waals surface area (Å²) in [4.78, 5) is 24.3. The van der Waals surface area contributed by atoms with Crippen molar-refractivity contribution in [2.75, 3.05) is 13.2 Å². The summed E-state index contributed by atoms with van der Waals surface area (Å²) in [5.41, 5.74) is 1.37. The molecule has 0 atom stereocenters. The lowest BCUT2D eigenvalue weighted by Crippen LogP contribution is -2.39. The summed E-state index contributed by atoms with van der Waals surface area (Å²) in [5.74, 6) is 0.479. The quantitative estimate of drug-likeness (QED) is 0.688. The zero-order valence-corrected chi connectivity index (χ0v) is 15.1. The number of rotatable bonds is 9. The van der Waals surface area contributed by atoms with Gasteiger partial charge in [-0.05, 0) is 24.1 Å². The number of ether oxygens (including phenoxy) is 1. The van der Waals surface area contributed by atoms with Crippen molar-refractivity contribution in [3.63, 3.8) is 0 Å². The molecule has 0 unspecified atom stereocenters. The smallest absolute Gasteiger partial charge is 0.267 e. The highest BCUT2D eigenvalue weighted by atomic mass is 16.5. The molecule has 1 N–H and O–H groups in total. The van der Waals surface area contributed by atoms with Gasteiger partial charge in [-0.2, -0.15) is 5.10 Å². The van der Waals surface area contributed by atoms with Crippen LogP contribution in [0.3, 0.4) is 0 Å². The number of nitrogens with zero attached hydrogens (tertiary/aromatic N) is 2. The zero-order chi connectivity index (χ0) is 18.9. The lowest BCUT2D eigenvalue weighted by Gasteiger charge is -2.23. The average Bonchev–Trinajstić information content (AvgIpc) is 3.20. The highest BCUT2D eigenvalue weighted by Gasteiger charge is 2.24. The fourth-order valence-electron chi connectivity index (χ4n) is 2.69. The van der Waals surface area contributed by atoms with Crippen LogP contribution in [-0.4, -0.2) is 35.7 Å². The minimum Gasteiger partial charge on any atom is -0.467 e. The molecule has 0 radical (unpaired) electrons. The van der Waals surface area contributed by atoms with Crippen LogP contribution >= 0.6 is 0 Å². The van der Waals surface area contributed by atoms with Crippen molar-refractivity contribution in [3.05, 3.63) is 60.1 Å². The summed E-state index contributed by atoms with van der Waals surface area (Å²) < 4.78 is 10.7. The molecule has 2 amide bonds. The zero-order valence-electron chi connectivity index (χ0n) is 15.1. The van der Waals surface area contributed by atoms with Gasteiger partial charge in [0.2, 0.25) is 5.91 Å². The van der Waals surface area contributed by atoms with Crippen LogP contribution in [0.2, 0.25) is 0 Å². The Balaban J connectivity index is 1.41. The van der Waals surface area contributed by atoms with Gasteiger partial charge in [-0.3, -0.25) is 9.59 Å². The maximum Gasteiger partial charge on any atom is 0.267 e. The number of carbonyl (C=O) groups excluding carboxylic acids is 2. The van der Waals surface area contributed by atoms with E-state index in [0.717, 1.165) is 11.3 Å². The summed E-state index contributed by atoms with van der Waals surface area (Å²) in [7, 11) is 0. The van der Waals surface area contributed by atoms with Crippen molar-refractivity contribution < 1.29 is 18.7 Å². The Kier molecular flexibility index (Phi) is 6.76. The second-order valence-corrected chi connectivity index (χ2v) is 6.23. The maximum absolute atomic E-state index is 12.3. The highest BCUT2D eigenvalue weighted by molar-refractivity contribution is 6.39. The number of furan rings is 1. The van der Waals surface area contributed by atoms with Gasteiger partial charge in [0.15, 0.2) is 0 Å². The van der Waals surface area contributed by atoms with Gasteiger partial charge in [-0.15, -0.1) is 0 Å². The number of amides is 2. The van der Waals surface area contributed by atoms with Gasteiger partial charge >= 0.3 is 0 Å². The number of benzene rings is 1. The molecule has 3 rings (SSSR count). The third kappa shape index (κ3) is 5.79. The Labute approximate surface area is 158 Å². The second-order valence-electron chi connectivity index (χ2n) is 6.23. The Morgan fingerprint density at radius 2 is 2.04 bits per heavy atom. The van der Waals surface area contributed by atoms with Crippen molar-refractivity contribution in [1.82, 2.24) is 10.3 Å². The minimum atomic E-state index is -0.230. The molecule has 0 aliphatic carbocycles. The van der Waals surface area contributed by atoms with Crippen LogP contribution in [0.5, 0.6) is 0 Å².